The number of hydrogen-bond donors (Lipinski definition) is 0. The zero-order valence-electron chi connectivity index (χ0n) is 21.9. The Bertz CT molecular complexity index is 1400. The largest absolute Gasteiger partial charge is 0.497 e. The van der Waals surface area contributed by atoms with Crippen molar-refractivity contribution < 1.29 is 19.1 Å². The van der Waals surface area contributed by atoms with Gasteiger partial charge in [-0.15, -0.1) is 0 Å². The monoisotopic (exact) mass is 496 g/mol. The van der Waals surface area contributed by atoms with Crippen LogP contribution < -0.4 is 9.64 Å². The summed E-state index contributed by atoms with van der Waals surface area (Å²) in [5.74, 6) is 0.971. The number of carbonyl (C=O) groups excluding carboxylic acids is 2. The number of fused-ring (bicyclic) bond motifs is 1. The normalized spacial score (nSPS) is 11.3. The molecule has 1 aromatic heterocycles. The number of methoxy groups -OCH3 is 2. The van der Waals surface area contributed by atoms with Crippen LogP contribution >= 0.6 is 0 Å². The Morgan fingerprint density at radius 1 is 0.865 bits per heavy atom. The van der Waals surface area contributed by atoms with E-state index in [0.29, 0.717) is 24.3 Å². The van der Waals surface area contributed by atoms with Crippen LogP contribution in [0.5, 0.6) is 5.75 Å². The molecule has 0 aliphatic heterocycles. The van der Waals surface area contributed by atoms with E-state index in [1.807, 2.05) is 69.3 Å². The topological polar surface area (TPSA) is 68.7 Å². The minimum Gasteiger partial charge on any atom is -0.497 e. The molecule has 1 heterocycles. The van der Waals surface area contributed by atoms with Gasteiger partial charge in [0.1, 0.15) is 11.6 Å². The third-order valence-electron chi connectivity index (χ3n) is 6.12. The second kappa shape index (κ2) is 10.8. The van der Waals surface area contributed by atoms with Crippen LogP contribution in [0.15, 0.2) is 79.0 Å². The van der Waals surface area contributed by atoms with Gasteiger partial charge in [-0.1, -0.05) is 57.2 Å². The summed E-state index contributed by atoms with van der Waals surface area (Å²) in [7, 11) is 3.01. The molecule has 6 nitrogen and oxygen atoms in total. The van der Waals surface area contributed by atoms with Crippen LogP contribution in [0.2, 0.25) is 0 Å². The number of rotatable bonds is 7. The van der Waals surface area contributed by atoms with E-state index in [0.717, 1.165) is 33.2 Å². The van der Waals surface area contributed by atoms with Gasteiger partial charge in [0.25, 0.3) is 0 Å². The van der Waals surface area contributed by atoms with Crippen LogP contribution in [0.25, 0.3) is 21.9 Å². The minimum absolute atomic E-state index is 0.0104. The fourth-order valence-electron chi connectivity index (χ4n) is 4.22. The van der Waals surface area contributed by atoms with Crippen molar-refractivity contribution in [3.05, 3.63) is 90.1 Å². The van der Waals surface area contributed by atoms with Crippen LogP contribution in [0.4, 0.5) is 5.82 Å². The van der Waals surface area contributed by atoms with Crippen LogP contribution in [0.1, 0.15) is 43.1 Å². The molecule has 0 aliphatic rings. The van der Waals surface area contributed by atoms with Gasteiger partial charge in [0.2, 0.25) is 5.91 Å². The zero-order valence-corrected chi connectivity index (χ0v) is 21.9. The van der Waals surface area contributed by atoms with Crippen molar-refractivity contribution in [2.45, 2.75) is 33.7 Å². The van der Waals surface area contributed by atoms with E-state index in [-0.39, 0.29) is 11.3 Å². The summed E-state index contributed by atoms with van der Waals surface area (Å²) in [6.07, 6.45) is 2.04. The molecule has 1 amide bonds. The Kier molecular flexibility index (Phi) is 7.58. The van der Waals surface area contributed by atoms with Gasteiger partial charge in [-0.05, 0) is 63.9 Å². The molecule has 3 aromatic carbocycles. The standard InChI is InChI=1S/C31H32N2O4/c1-31(2,3)19-28(34)33(29-27-15-12-25(30(35)37-5)18-24(27)16-17-32-29)20-21-6-8-22(9-7-21)23-10-13-26(36-4)14-11-23/h6-18H,19-20H2,1-5H3. The molecule has 0 bridgehead atoms. The highest BCUT2D eigenvalue weighted by molar-refractivity contribution is 6.04. The first-order valence-corrected chi connectivity index (χ1v) is 12.2. The van der Waals surface area contributed by atoms with Crippen molar-refractivity contribution in [1.29, 1.82) is 0 Å². The number of pyridine rings is 1. The molecule has 0 spiro atoms. The molecule has 0 N–H and O–H groups in total. The summed E-state index contributed by atoms with van der Waals surface area (Å²) in [4.78, 5) is 32.0. The highest BCUT2D eigenvalue weighted by Gasteiger charge is 2.25. The first-order valence-electron chi connectivity index (χ1n) is 12.2. The first kappa shape index (κ1) is 25.9. The molecular formula is C31H32N2O4. The zero-order chi connectivity index (χ0) is 26.6. The van der Waals surface area contributed by atoms with E-state index in [9.17, 15) is 9.59 Å². The van der Waals surface area contributed by atoms with Crippen molar-refractivity contribution in [1.82, 2.24) is 4.98 Å². The maximum absolute atomic E-state index is 13.6. The molecule has 0 radical (unpaired) electrons. The number of aromatic nitrogens is 1. The van der Waals surface area contributed by atoms with Crippen molar-refractivity contribution in [2.75, 3.05) is 19.1 Å². The molecule has 37 heavy (non-hydrogen) atoms. The summed E-state index contributed by atoms with van der Waals surface area (Å²) in [5, 5.41) is 1.61. The Morgan fingerprint density at radius 3 is 2.11 bits per heavy atom. The van der Waals surface area contributed by atoms with Gasteiger partial charge >= 0.3 is 5.97 Å². The summed E-state index contributed by atoms with van der Waals surface area (Å²) in [6, 6.07) is 23.3. The summed E-state index contributed by atoms with van der Waals surface area (Å²) >= 11 is 0. The molecule has 0 saturated carbocycles. The van der Waals surface area contributed by atoms with Gasteiger partial charge in [-0.25, -0.2) is 9.78 Å². The third-order valence-corrected chi connectivity index (χ3v) is 6.12. The quantitative estimate of drug-likeness (QED) is 0.267. The van der Waals surface area contributed by atoms with Gasteiger partial charge in [-0.3, -0.25) is 9.69 Å². The number of nitrogens with zero attached hydrogens (tertiary/aromatic N) is 2. The van der Waals surface area contributed by atoms with Crippen molar-refractivity contribution in [2.24, 2.45) is 5.41 Å². The molecule has 0 fully saturated rings. The molecular weight excluding hydrogens is 464 g/mol. The molecule has 4 rings (SSSR count). The van der Waals surface area contributed by atoms with Gasteiger partial charge in [0, 0.05) is 18.0 Å². The van der Waals surface area contributed by atoms with Crippen LogP contribution in [0.3, 0.4) is 0 Å². The Labute approximate surface area is 217 Å². The third kappa shape index (κ3) is 6.15. The molecule has 190 valence electrons. The Balaban J connectivity index is 1.69. The predicted octanol–water partition coefficient (Wildman–Crippen LogP) is 6.67. The van der Waals surface area contributed by atoms with Gasteiger partial charge < -0.3 is 9.47 Å². The van der Waals surface area contributed by atoms with Crippen LogP contribution in [-0.4, -0.2) is 31.1 Å². The van der Waals surface area contributed by atoms with E-state index in [2.05, 4.69) is 17.1 Å². The number of carbonyl (C=O) groups is 2. The predicted molar refractivity (Wildman–Crippen MR) is 147 cm³/mol. The lowest BCUT2D eigenvalue weighted by Gasteiger charge is -2.27. The average Bonchev–Trinajstić information content (AvgIpc) is 2.90. The van der Waals surface area contributed by atoms with Gasteiger partial charge in [-0.2, -0.15) is 0 Å². The number of benzene rings is 3. The van der Waals surface area contributed by atoms with Crippen molar-refractivity contribution >= 4 is 28.5 Å². The Hall–Kier alpha value is -4.19. The molecule has 0 aliphatic carbocycles. The van der Waals surface area contributed by atoms with E-state index >= 15 is 0 Å². The molecule has 0 unspecified atom stereocenters. The van der Waals surface area contributed by atoms with E-state index in [4.69, 9.17) is 9.47 Å². The lowest BCUT2D eigenvalue weighted by Crippen LogP contribution is -2.34. The maximum atomic E-state index is 13.6. The van der Waals surface area contributed by atoms with Crippen molar-refractivity contribution in [3.63, 3.8) is 0 Å². The minimum atomic E-state index is -0.405. The second-order valence-electron chi connectivity index (χ2n) is 10.2. The SMILES string of the molecule is COC(=O)c1ccc2c(N(Cc3ccc(-c4ccc(OC)cc4)cc3)C(=O)CC(C)(C)C)nccc2c1. The molecule has 6 heteroatoms. The van der Waals surface area contributed by atoms with Gasteiger partial charge in [0.15, 0.2) is 0 Å². The number of hydrogen-bond acceptors (Lipinski definition) is 5. The fourth-order valence-corrected chi connectivity index (χ4v) is 4.22. The highest BCUT2D eigenvalue weighted by atomic mass is 16.5. The summed E-state index contributed by atoms with van der Waals surface area (Å²) in [5.41, 5.74) is 3.43. The maximum Gasteiger partial charge on any atom is 0.337 e. The van der Waals surface area contributed by atoms with E-state index in [1.165, 1.54) is 7.11 Å². The van der Waals surface area contributed by atoms with E-state index < -0.39 is 5.97 Å². The summed E-state index contributed by atoms with van der Waals surface area (Å²) < 4.78 is 10.1. The van der Waals surface area contributed by atoms with Crippen molar-refractivity contribution in [3.8, 4) is 16.9 Å². The molecule has 0 saturated heterocycles. The molecule has 4 aromatic rings. The highest BCUT2D eigenvalue weighted by Crippen LogP contribution is 2.30. The number of anilines is 1. The lowest BCUT2D eigenvalue weighted by atomic mass is 9.91. The first-order chi connectivity index (χ1) is 17.7. The van der Waals surface area contributed by atoms with E-state index in [1.54, 1.807) is 30.3 Å². The fraction of sp³-hybridized carbons (Fsp3) is 0.258. The summed E-state index contributed by atoms with van der Waals surface area (Å²) in [6.45, 7) is 6.52. The number of amides is 1. The average molecular weight is 497 g/mol. The van der Waals surface area contributed by atoms with Crippen LogP contribution in [-0.2, 0) is 16.1 Å². The smallest absolute Gasteiger partial charge is 0.337 e. The molecule has 0 atom stereocenters. The van der Waals surface area contributed by atoms with Gasteiger partial charge in [0.05, 0.1) is 26.3 Å². The number of ether oxygens (including phenoxy) is 2. The Morgan fingerprint density at radius 2 is 1.51 bits per heavy atom. The number of esters is 1. The van der Waals surface area contributed by atoms with Crippen LogP contribution in [0, 0.1) is 5.41 Å². The second-order valence-corrected chi connectivity index (χ2v) is 10.2. The lowest BCUT2D eigenvalue weighted by molar-refractivity contribution is -0.120.